The molecule has 0 bridgehead atoms. The second-order valence-corrected chi connectivity index (χ2v) is 8.00. The molecule has 0 saturated carbocycles. The third-order valence-corrected chi connectivity index (χ3v) is 5.56. The molecule has 6 heteroatoms. The summed E-state index contributed by atoms with van der Waals surface area (Å²) in [7, 11) is 5.61. The first-order valence-corrected chi connectivity index (χ1v) is 10.1. The van der Waals surface area contributed by atoms with Gasteiger partial charge in [0.15, 0.2) is 5.43 Å². The van der Waals surface area contributed by atoms with Crippen LogP contribution < -0.4 is 10.2 Å². The van der Waals surface area contributed by atoms with Crippen molar-refractivity contribution >= 4 is 16.9 Å². The van der Waals surface area contributed by atoms with Gasteiger partial charge in [0.25, 0.3) is 5.91 Å². The fourth-order valence-corrected chi connectivity index (χ4v) is 4.05. The van der Waals surface area contributed by atoms with Gasteiger partial charge in [-0.1, -0.05) is 23.8 Å². The molecule has 3 aromatic rings. The van der Waals surface area contributed by atoms with Crippen molar-refractivity contribution in [2.45, 2.75) is 19.4 Å². The molecule has 1 atom stereocenters. The van der Waals surface area contributed by atoms with Crippen LogP contribution in [0.1, 0.15) is 39.7 Å². The summed E-state index contributed by atoms with van der Waals surface area (Å²) in [5.74, 6) is 0.648. The molecule has 0 unspecified atom stereocenters. The third kappa shape index (κ3) is 3.48. The minimum Gasteiger partial charge on any atom is -0.497 e. The molecule has 2 aromatic carbocycles. The lowest BCUT2D eigenvalue weighted by Gasteiger charge is -2.25. The lowest BCUT2D eigenvalue weighted by Crippen LogP contribution is -2.32. The lowest BCUT2D eigenvalue weighted by molar-refractivity contribution is 0.0722. The van der Waals surface area contributed by atoms with E-state index in [-0.39, 0.29) is 17.1 Å². The second-order valence-electron chi connectivity index (χ2n) is 8.00. The van der Waals surface area contributed by atoms with Crippen LogP contribution in [0, 0.1) is 6.92 Å². The van der Waals surface area contributed by atoms with E-state index in [0.717, 1.165) is 29.8 Å². The van der Waals surface area contributed by atoms with Crippen LogP contribution in [0.3, 0.4) is 0 Å². The molecule has 30 heavy (non-hydrogen) atoms. The van der Waals surface area contributed by atoms with Crippen molar-refractivity contribution in [3.8, 4) is 5.75 Å². The molecule has 6 nitrogen and oxygen atoms in total. The Morgan fingerprint density at radius 1 is 1.10 bits per heavy atom. The highest BCUT2D eigenvalue weighted by molar-refractivity contribution is 5.99. The van der Waals surface area contributed by atoms with Crippen LogP contribution in [0.5, 0.6) is 5.75 Å². The molecule has 0 N–H and O–H groups in total. The summed E-state index contributed by atoms with van der Waals surface area (Å²) in [6.45, 7) is 3.32. The zero-order valence-electron chi connectivity index (χ0n) is 17.8. The number of ether oxygens (including phenoxy) is 1. The summed E-state index contributed by atoms with van der Waals surface area (Å²) in [5, 5.41) is 0.509. The van der Waals surface area contributed by atoms with Gasteiger partial charge in [-0.25, -0.2) is 0 Å². The molecule has 0 fully saturated rings. The Balaban J connectivity index is 1.86. The molecule has 1 amide bonds. The number of fused-ring (bicyclic) bond motifs is 2. The van der Waals surface area contributed by atoms with E-state index >= 15 is 0 Å². The van der Waals surface area contributed by atoms with Gasteiger partial charge >= 0.3 is 0 Å². The normalized spacial score (nSPS) is 15.8. The van der Waals surface area contributed by atoms with Gasteiger partial charge in [-0.15, -0.1) is 0 Å². The predicted molar refractivity (Wildman–Crippen MR) is 116 cm³/mol. The standard InChI is InChI=1S/C24H26N2O4/c1-15-6-11-19-18(14-15)22(27)20-21(16-7-9-17(29-4)10-8-16)26(13-5-12-25(2)3)24(28)23(20)30-19/h6-11,14,21H,5,12-13H2,1-4H3/t21-/m1/s1. The Morgan fingerprint density at radius 3 is 2.50 bits per heavy atom. The van der Waals surface area contributed by atoms with E-state index in [1.807, 2.05) is 57.4 Å². The van der Waals surface area contributed by atoms with E-state index in [0.29, 0.717) is 23.1 Å². The average molecular weight is 406 g/mol. The number of hydrogen-bond acceptors (Lipinski definition) is 5. The molecule has 0 saturated heterocycles. The van der Waals surface area contributed by atoms with E-state index in [2.05, 4.69) is 4.90 Å². The first-order valence-electron chi connectivity index (χ1n) is 10.1. The van der Waals surface area contributed by atoms with E-state index in [9.17, 15) is 9.59 Å². The lowest BCUT2D eigenvalue weighted by atomic mass is 9.98. The molecular formula is C24H26N2O4. The number of benzene rings is 2. The first-order chi connectivity index (χ1) is 14.4. The van der Waals surface area contributed by atoms with Crippen LogP contribution in [0.4, 0.5) is 0 Å². The largest absolute Gasteiger partial charge is 0.497 e. The Kier molecular flexibility index (Phi) is 5.35. The maximum Gasteiger partial charge on any atom is 0.290 e. The van der Waals surface area contributed by atoms with Gasteiger partial charge in [-0.05, 0) is 63.8 Å². The molecule has 1 aliphatic rings. The smallest absolute Gasteiger partial charge is 0.290 e. The van der Waals surface area contributed by atoms with Gasteiger partial charge in [0, 0.05) is 6.54 Å². The number of carbonyl (C=O) groups is 1. The number of aryl methyl sites for hydroxylation is 1. The Labute approximate surface area is 175 Å². The van der Waals surface area contributed by atoms with Crippen molar-refractivity contribution in [1.82, 2.24) is 9.80 Å². The van der Waals surface area contributed by atoms with E-state index < -0.39 is 6.04 Å². The molecule has 156 valence electrons. The van der Waals surface area contributed by atoms with Gasteiger partial charge in [0.1, 0.15) is 11.3 Å². The highest BCUT2D eigenvalue weighted by Crippen LogP contribution is 2.38. The number of nitrogens with zero attached hydrogens (tertiary/aromatic N) is 2. The molecule has 1 aromatic heterocycles. The van der Waals surface area contributed by atoms with Gasteiger partial charge < -0.3 is 19.0 Å². The van der Waals surface area contributed by atoms with Crippen LogP contribution >= 0.6 is 0 Å². The van der Waals surface area contributed by atoms with E-state index in [4.69, 9.17) is 9.15 Å². The first kappa shape index (κ1) is 20.2. The number of rotatable bonds is 6. The van der Waals surface area contributed by atoms with Crippen molar-refractivity contribution in [3.63, 3.8) is 0 Å². The fourth-order valence-electron chi connectivity index (χ4n) is 4.05. The van der Waals surface area contributed by atoms with Crippen LogP contribution in [0.2, 0.25) is 0 Å². The van der Waals surface area contributed by atoms with Gasteiger partial charge in [0.05, 0.1) is 24.1 Å². The van der Waals surface area contributed by atoms with Crippen molar-refractivity contribution < 1.29 is 13.9 Å². The maximum atomic E-state index is 13.5. The maximum absolute atomic E-state index is 13.5. The highest BCUT2D eigenvalue weighted by Gasteiger charge is 2.42. The van der Waals surface area contributed by atoms with Gasteiger partial charge in [-0.2, -0.15) is 0 Å². The quantitative estimate of drug-likeness (QED) is 0.626. The predicted octanol–water partition coefficient (Wildman–Crippen LogP) is 3.61. The van der Waals surface area contributed by atoms with Crippen molar-refractivity contribution in [2.75, 3.05) is 34.3 Å². The molecule has 0 aliphatic carbocycles. The topological polar surface area (TPSA) is 63.0 Å². The number of hydrogen-bond donors (Lipinski definition) is 0. The minimum atomic E-state index is -0.471. The molecule has 0 radical (unpaired) electrons. The van der Waals surface area contributed by atoms with Crippen molar-refractivity contribution in [1.29, 1.82) is 0 Å². The molecule has 2 heterocycles. The Bertz CT molecular complexity index is 1150. The highest BCUT2D eigenvalue weighted by atomic mass is 16.5. The fraction of sp³-hybridized carbons (Fsp3) is 0.333. The molecule has 0 spiro atoms. The van der Waals surface area contributed by atoms with Crippen LogP contribution in [0.15, 0.2) is 51.7 Å². The number of amides is 1. The molecule has 4 rings (SSSR count). The summed E-state index contributed by atoms with van der Waals surface area (Å²) in [6, 6.07) is 12.5. The monoisotopic (exact) mass is 406 g/mol. The van der Waals surface area contributed by atoms with Crippen molar-refractivity contribution in [2.24, 2.45) is 0 Å². The minimum absolute atomic E-state index is 0.140. The summed E-state index contributed by atoms with van der Waals surface area (Å²) in [6.07, 6.45) is 0.798. The second kappa shape index (κ2) is 7.95. The van der Waals surface area contributed by atoms with Crippen LogP contribution in [-0.4, -0.2) is 50.0 Å². The summed E-state index contributed by atoms with van der Waals surface area (Å²) >= 11 is 0. The van der Waals surface area contributed by atoms with Crippen molar-refractivity contribution in [3.05, 3.63) is 75.1 Å². The summed E-state index contributed by atoms with van der Waals surface area (Å²) in [4.78, 5) is 30.6. The van der Waals surface area contributed by atoms with Crippen LogP contribution in [0.25, 0.3) is 11.0 Å². The Morgan fingerprint density at radius 2 is 1.83 bits per heavy atom. The average Bonchev–Trinajstić information content (AvgIpc) is 3.01. The summed E-state index contributed by atoms with van der Waals surface area (Å²) < 4.78 is 11.2. The number of methoxy groups -OCH3 is 1. The molecule has 1 aliphatic heterocycles. The number of carbonyl (C=O) groups excluding carboxylic acids is 1. The molecular weight excluding hydrogens is 380 g/mol. The zero-order valence-corrected chi connectivity index (χ0v) is 17.8. The SMILES string of the molecule is COc1ccc([C@@H]2c3c(oc4ccc(C)cc4c3=O)C(=O)N2CCCN(C)C)cc1. The van der Waals surface area contributed by atoms with Gasteiger partial charge in [0.2, 0.25) is 5.76 Å². The van der Waals surface area contributed by atoms with E-state index in [1.54, 1.807) is 18.1 Å². The van der Waals surface area contributed by atoms with Crippen LogP contribution in [-0.2, 0) is 0 Å². The Hall–Kier alpha value is -3.12. The zero-order chi connectivity index (χ0) is 21.4. The van der Waals surface area contributed by atoms with Gasteiger partial charge in [-0.3, -0.25) is 9.59 Å². The summed E-state index contributed by atoms with van der Waals surface area (Å²) in [5.41, 5.74) is 2.57. The third-order valence-electron chi connectivity index (χ3n) is 5.56. The van der Waals surface area contributed by atoms with E-state index in [1.165, 1.54) is 0 Å².